The lowest BCUT2D eigenvalue weighted by molar-refractivity contribution is 0.0954. The van der Waals surface area contributed by atoms with Crippen LogP contribution in [0.25, 0.3) is 21.5 Å². The predicted octanol–water partition coefficient (Wildman–Crippen LogP) is 4.32. The van der Waals surface area contributed by atoms with Crippen LogP contribution in [0.4, 0.5) is 0 Å². The van der Waals surface area contributed by atoms with E-state index in [1.165, 1.54) is 11.3 Å². The Labute approximate surface area is 176 Å². The first kappa shape index (κ1) is 18.6. The van der Waals surface area contributed by atoms with Crippen molar-refractivity contribution >= 4 is 33.3 Å². The van der Waals surface area contributed by atoms with Crippen LogP contribution in [0.5, 0.6) is 0 Å². The molecule has 1 fully saturated rings. The number of fused-ring (bicyclic) bond motifs is 1. The molecule has 0 radical (unpaired) electrons. The van der Waals surface area contributed by atoms with Crippen LogP contribution in [0.2, 0.25) is 0 Å². The summed E-state index contributed by atoms with van der Waals surface area (Å²) in [6.07, 6.45) is 4.31. The van der Waals surface area contributed by atoms with E-state index in [0.29, 0.717) is 16.3 Å². The quantitative estimate of drug-likeness (QED) is 0.467. The zero-order chi connectivity index (χ0) is 19.6. The van der Waals surface area contributed by atoms with Crippen molar-refractivity contribution in [2.45, 2.75) is 36.4 Å². The molecule has 29 heavy (non-hydrogen) atoms. The second kappa shape index (κ2) is 8.14. The first-order chi connectivity index (χ1) is 14.3. The van der Waals surface area contributed by atoms with Gasteiger partial charge in [-0.1, -0.05) is 42.1 Å². The fraction of sp³-hybridized carbons (Fsp3) is 0.286. The molecular formula is C21H20N4O2S2. The largest absolute Gasteiger partial charge is 0.376 e. The predicted molar refractivity (Wildman–Crippen MR) is 116 cm³/mol. The summed E-state index contributed by atoms with van der Waals surface area (Å²) >= 11 is 3.00. The van der Waals surface area contributed by atoms with Gasteiger partial charge in [0.2, 0.25) is 0 Å². The highest BCUT2D eigenvalue weighted by atomic mass is 32.2. The van der Waals surface area contributed by atoms with E-state index in [1.54, 1.807) is 11.8 Å². The van der Waals surface area contributed by atoms with Crippen LogP contribution in [0, 0.1) is 0 Å². The molecule has 0 bridgehead atoms. The molecule has 4 aromatic rings. The maximum Gasteiger partial charge on any atom is 0.268 e. The Bertz CT molecular complexity index is 1180. The summed E-state index contributed by atoms with van der Waals surface area (Å²) in [6.45, 7) is 1.61. The molecule has 5 rings (SSSR count). The number of benzene rings is 1. The smallest absolute Gasteiger partial charge is 0.268 e. The van der Waals surface area contributed by atoms with Gasteiger partial charge in [0.15, 0.2) is 5.16 Å². The molecule has 0 spiro atoms. The lowest BCUT2D eigenvalue weighted by atomic mass is 10.1. The molecule has 1 aliphatic rings. The van der Waals surface area contributed by atoms with Crippen LogP contribution in [0.1, 0.15) is 18.7 Å². The molecule has 148 valence electrons. The number of H-pyrrole nitrogens is 1. The Morgan fingerprint density at radius 3 is 3.00 bits per heavy atom. The summed E-state index contributed by atoms with van der Waals surface area (Å²) in [5.74, 6) is 1.22. The van der Waals surface area contributed by atoms with E-state index < -0.39 is 0 Å². The number of nitrogens with one attached hydrogen (secondary N) is 1. The van der Waals surface area contributed by atoms with Crippen molar-refractivity contribution in [1.82, 2.24) is 19.5 Å². The number of thiophene rings is 1. The summed E-state index contributed by atoms with van der Waals surface area (Å²) in [4.78, 5) is 24.4. The van der Waals surface area contributed by atoms with Crippen LogP contribution >= 0.6 is 23.1 Å². The minimum Gasteiger partial charge on any atom is -0.376 e. The summed E-state index contributed by atoms with van der Waals surface area (Å²) in [5.41, 5.74) is 2.89. The Morgan fingerprint density at radius 2 is 2.17 bits per heavy atom. The van der Waals surface area contributed by atoms with E-state index in [9.17, 15) is 4.79 Å². The average Bonchev–Trinajstić information content (AvgIpc) is 3.49. The van der Waals surface area contributed by atoms with Gasteiger partial charge in [-0.05, 0) is 29.9 Å². The molecular weight excluding hydrogens is 404 g/mol. The molecule has 1 aliphatic heterocycles. The fourth-order valence-electron chi connectivity index (χ4n) is 3.60. The molecule has 0 aliphatic carbocycles. The molecule has 4 heterocycles. The lowest BCUT2D eigenvalue weighted by Crippen LogP contribution is -2.16. The second-order valence-electron chi connectivity index (χ2n) is 6.97. The molecule has 1 aromatic carbocycles. The Balaban J connectivity index is 1.43. The fourth-order valence-corrected chi connectivity index (χ4v) is 5.19. The number of hydrogen-bond donors (Lipinski definition) is 1. The van der Waals surface area contributed by atoms with E-state index in [2.05, 4.69) is 31.7 Å². The van der Waals surface area contributed by atoms with E-state index in [0.717, 1.165) is 47.9 Å². The van der Waals surface area contributed by atoms with Gasteiger partial charge in [0.25, 0.3) is 5.56 Å². The SMILES string of the molecule is O=c1[nH]c(CSc2ncc(-c3ccccc3)n2CC2CCCO2)nc2ccsc12. The van der Waals surface area contributed by atoms with Gasteiger partial charge >= 0.3 is 0 Å². The minimum atomic E-state index is -0.0757. The molecule has 1 unspecified atom stereocenters. The highest BCUT2D eigenvalue weighted by Gasteiger charge is 2.21. The number of thioether (sulfide) groups is 1. The van der Waals surface area contributed by atoms with Crippen LogP contribution in [-0.4, -0.2) is 32.2 Å². The van der Waals surface area contributed by atoms with Crippen molar-refractivity contribution < 1.29 is 4.74 Å². The Kier molecular flexibility index (Phi) is 5.22. The van der Waals surface area contributed by atoms with E-state index >= 15 is 0 Å². The number of imidazole rings is 1. The number of aromatic amines is 1. The van der Waals surface area contributed by atoms with Crippen LogP contribution in [0.15, 0.2) is 57.9 Å². The number of ether oxygens (including phenoxy) is 1. The highest BCUT2D eigenvalue weighted by molar-refractivity contribution is 7.98. The first-order valence-corrected chi connectivity index (χ1v) is 11.5. The first-order valence-electron chi connectivity index (χ1n) is 9.60. The molecule has 8 heteroatoms. The van der Waals surface area contributed by atoms with Crippen LogP contribution in [-0.2, 0) is 17.0 Å². The minimum absolute atomic E-state index is 0.0757. The topological polar surface area (TPSA) is 72.8 Å². The Hall–Kier alpha value is -2.42. The molecule has 1 atom stereocenters. The van der Waals surface area contributed by atoms with Gasteiger partial charge in [0.05, 0.1) is 35.8 Å². The normalized spacial score (nSPS) is 16.6. The van der Waals surface area contributed by atoms with Crippen molar-refractivity contribution in [1.29, 1.82) is 0 Å². The van der Waals surface area contributed by atoms with E-state index in [1.807, 2.05) is 35.8 Å². The number of nitrogens with zero attached hydrogens (tertiary/aromatic N) is 3. The molecule has 1 N–H and O–H groups in total. The molecule has 1 saturated heterocycles. The van der Waals surface area contributed by atoms with Crippen molar-refractivity contribution in [2.24, 2.45) is 0 Å². The third kappa shape index (κ3) is 3.88. The van der Waals surface area contributed by atoms with E-state index in [-0.39, 0.29) is 11.7 Å². The van der Waals surface area contributed by atoms with Crippen molar-refractivity contribution in [3.05, 3.63) is 64.2 Å². The summed E-state index contributed by atoms with van der Waals surface area (Å²) in [7, 11) is 0. The molecule has 0 saturated carbocycles. The number of hydrogen-bond acceptors (Lipinski definition) is 6. The van der Waals surface area contributed by atoms with Gasteiger partial charge in [0.1, 0.15) is 10.5 Å². The Morgan fingerprint density at radius 1 is 1.28 bits per heavy atom. The second-order valence-corrected chi connectivity index (χ2v) is 8.83. The molecule has 0 amide bonds. The van der Waals surface area contributed by atoms with Crippen LogP contribution < -0.4 is 5.56 Å². The third-order valence-corrected chi connectivity index (χ3v) is 6.90. The summed E-state index contributed by atoms with van der Waals surface area (Å²) < 4.78 is 8.78. The summed E-state index contributed by atoms with van der Waals surface area (Å²) in [6, 6.07) is 12.2. The van der Waals surface area contributed by atoms with Gasteiger partial charge in [-0.15, -0.1) is 11.3 Å². The lowest BCUT2D eigenvalue weighted by Gasteiger charge is -2.16. The van der Waals surface area contributed by atoms with Gasteiger partial charge < -0.3 is 14.3 Å². The zero-order valence-electron chi connectivity index (χ0n) is 15.7. The maximum atomic E-state index is 12.2. The van der Waals surface area contributed by atoms with Crippen LogP contribution in [0.3, 0.4) is 0 Å². The van der Waals surface area contributed by atoms with Gasteiger partial charge in [-0.3, -0.25) is 4.79 Å². The monoisotopic (exact) mass is 424 g/mol. The maximum absolute atomic E-state index is 12.2. The number of aromatic nitrogens is 4. The number of rotatable bonds is 6. The van der Waals surface area contributed by atoms with Gasteiger partial charge in [-0.2, -0.15) is 0 Å². The van der Waals surface area contributed by atoms with Gasteiger partial charge in [-0.25, -0.2) is 9.97 Å². The third-order valence-electron chi connectivity index (χ3n) is 5.00. The van der Waals surface area contributed by atoms with E-state index in [4.69, 9.17) is 4.74 Å². The van der Waals surface area contributed by atoms with Gasteiger partial charge in [0, 0.05) is 6.61 Å². The van der Waals surface area contributed by atoms with Crippen molar-refractivity contribution in [2.75, 3.05) is 6.61 Å². The van der Waals surface area contributed by atoms with Crippen molar-refractivity contribution in [3.8, 4) is 11.3 Å². The molecule has 6 nitrogen and oxygen atoms in total. The molecule has 3 aromatic heterocycles. The average molecular weight is 425 g/mol. The summed E-state index contributed by atoms with van der Waals surface area (Å²) in [5, 5.41) is 2.80. The van der Waals surface area contributed by atoms with Crippen molar-refractivity contribution in [3.63, 3.8) is 0 Å². The standard InChI is InChI=1S/C21H20N4O2S2/c26-20-19-16(8-10-28-19)23-18(24-20)13-29-21-22-11-17(14-5-2-1-3-6-14)25(21)12-15-7-4-9-27-15/h1-3,5-6,8,10-11,15H,4,7,9,12-13H2,(H,23,24,26). The highest BCUT2D eigenvalue weighted by Crippen LogP contribution is 2.29. The zero-order valence-corrected chi connectivity index (χ0v) is 17.3.